The summed E-state index contributed by atoms with van der Waals surface area (Å²) in [6, 6.07) is 0. The molecule has 0 saturated carbocycles. The number of aliphatic hydroxyl groups excluding tert-OH is 1. The van der Waals surface area contributed by atoms with Crippen LogP contribution in [-0.2, 0) is 19.9 Å². The van der Waals surface area contributed by atoms with Crippen molar-refractivity contribution in [3.63, 3.8) is 0 Å². The van der Waals surface area contributed by atoms with E-state index < -0.39 is 25.1 Å². The van der Waals surface area contributed by atoms with Crippen LogP contribution in [0.15, 0.2) is 0 Å². The zero-order valence-corrected chi connectivity index (χ0v) is 13.1. The van der Waals surface area contributed by atoms with Gasteiger partial charge in [-0.1, -0.05) is 13.8 Å². The molecule has 1 saturated heterocycles. The highest BCUT2D eigenvalue weighted by Crippen LogP contribution is 2.23. The van der Waals surface area contributed by atoms with E-state index in [9.17, 15) is 16.8 Å². The topological polar surface area (TPSA) is 101 Å². The molecule has 1 aliphatic rings. The minimum atomic E-state index is -3.58. The third kappa shape index (κ3) is 5.37. The minimum Gasteiger partial charge on any atom is -0.396 e. The maximum Gasteiger partial charge on any atom is 0.215 e. The number of nitrogens with one attached hydrogen (secondary N) is 1. The largest absolute Gasteiger partial charge is 0.396 e. The normalized spacial score (nSPS) is 23.6. The first-order valence-electron chi connectivity index (χ1n) is 6.38. The zero-order valence-electron chi connectivity index (χ0n) is 11.4. The van der Waals surface area contributed by atoms with E-state index in [0.29, 0.717) is 12.8 Å². The van der Waals surface area contributed by atoms with Gasteiger partial charge in [-0.25, -0.2) is 21.6 Å². The van der Waals surface area contributed by atoms with Crippen LogP contribution in [0.25, 0.3) is 0 Å². The number of rotatable bonds is 7. The smallest absolute Gasteiger partial charge is 0.215 e. The highest BCUT2D eigenvalue weighted by atomic mass is 32.2. The first-order valence-corrected chi connectivity index (χ1v) is 9.74. The Balaban J connectivity index is 2.57. The van der Waals surface area contributed by atoms with Crippen molar-refractivity contribution < 1.29 is 21.9 Å². The molecule has 0 spiro atoms. The van der Waals surface area contributed by atoms with Gasteiger partial charge in [0.1, 0.15) is 0 Å². The molecule has 1 heterocycles. The van der Waals surface area contributed by atoms with Crippen molar-refractivity contribution >= 4 is 19.9 Å². The Morgan fingerprint density at radius 1 is 1.37 bits per heavy atom. The van der Waals surface area contributed by atoms with E-state index in [0.717, 1.165) is 0 Å². The van der Waals surface area contributed by atoms with Crippen molar-refractivity contribution in [1.29, 1.82) is 0 Å². The maximum atomic E-state index is 12.0. The number of sulfone groups is 1. The van der Waals surface area contributed by atoms with Gasteiger partial charge in [0.15, 0.2) is 9.84 Å². The van der Waals surface area contributed by atoms with Crippen molar-refractivity contribution in [1.82, 2.24) is 4.72 Å². The fourth-order valence-electron chi connectivity index (χ4n) is 2.07. The van der Waals surface area contributed by atoms with Crippen LogP contribution in [0, 0.1) is 5.41 Å². The summed E-state index contributed by atoms with van der Waals surface area (Å²) in [4.78, 5) is 0. The van der Waals surface area contributed by atoms with Gasteiger partial charge in [0.2, 0.25) is 10.0 Å². The molecule has 8 heteroatoms. The number of sulfonamides is 1. The van der Waals surface area contributed by atoms with Crippen LogP contribution in [0.5, 0.6) is 0 Å². The molecular formula is C11H23NO5S2. The summed E-state index contributed by atoms with van der Waals surface area (Å²) in [7, 11) is -6.78. The second-order valence-corrected chi connectivity index (χ2v) is 10.2. The zero-order chi connectivity index (χ0) is 14.7. The number of hydrogen-bond acceptors (Lipinski definition) is 5. The predicted molar refractivity (Wildman–Crippen MR) is 74.1 cm³/mol. The van der Waals surface area contributed by atoms with Gasteiger partial charge in [0.05, 0.1) is 16.8 Å². The van der Waals surface area contributed by atoms with E-state index in [1.807, 2.05) is 13.8 Å². The van der Waals surface area contributed by atoms with E-state index in [1.54, 1.807) is 0 Å². The molecule has 0 aliphatic carbocycles. The predicted octanol–water partition coefficient (Wildman–Crippen LogP) is -0.108. The van der Waals surface area contributed by atoms with Gasteiger partial charge in [-0.2, -0.15) is 0 Å². The lowest BCUT2D eigenvalue weighted by Gasteiger charge is -2.25. The molecule has 1 unspecified atom stereocenters. The van der Waals surface area contributed by atoms with Crippen LogP contribution in [0.3, 0.4) is 0 Å². The standard InChI is InChI=1S/C11H23NO5S2/c1-11(2,5-3-6-13)9-12-19(16,17)10-4-7-18(14,15)8-10/h10,12-13H,3-9H2,1-2H3. The first-order chi connectivity index (χ1) is 8.58. The Hall–Kier alpha value is -0.180. The van der Waals surface area contributed by atoms with E-state index in [4.69, 9.17) is 5.11 Å². The SMILES string of the molecule is CC(C)(CCCO)CNS(=O)(=O)C1CCS(=O)(=O)C1. The van der Waals surface area contributed by atoms with E-state index in [2.05, 4.69) is 4.72 Å². The van der Waals surface area contributed by atoms with Crippen LogP contribution in [0.4, 0.5) is 0 Å². The lowest BCUT2D eigenvalue weighted by molar-refractivity contribution is 0.242. The summed E-state index contributed by atoms with van der Waals surface area (Å²) >= 11 is 0. The van der Waals surface area contributed by atoms with Gasteiger partial charge in [-0.15, -0.1) is 0 Å². The van der Waals surface area contributed by atoms with Crippen LogP contribution >= 0.6 is 0 Å². The fourth-order valence-corrected chi connectivity index (χ4v) is 6.35. The quantitative estimate of drug-likeness (QED) is 0.683. The monoisotopic (exact) mass is 313 g/mol. The molecule has 0 aromatic heterocycles. The van der Waals surface area contributed by atoms with Crippen molar-refractivity contribution in [2.24, 2.45) is 5.41 Å². The average molecular weight is 313 g/mol. The number of hydrogen-bond donors (Lipinski definition) is 2. The summed E-state index contributed by atoms with van der Waals surface area (Å²) < 4.78 is 49.2. The second kappa shape index (κ2) is 6.07. The molecule has 6 nitrogen and oxygen atoms in total. The molecule has 0 aromatic rings. The lowest BCUT2D eigenvalue weighted by atomic mass is 9.88. The van der Waals surface area contributed by atoms with Gasteiger partial charge < -0.3 is 5.11 Å². The molecule has 1 aliphatic heterocycles. The molecule has 0 aromatic carbocycles. The van der Waals surface area contributed by atoms with Gasteiger partial charge in [-0.05, 0) is 24.7 Å². The van der Waals surface area contributed by atoms with E-state index in [1.165, 1.54) is 0 Å². The van der Waals surface area contributed by atoms with E-state index in [-0.39, 0.29) is 36.5 Å². The lowest BCUT2D eigenvalue weighted by Crippen LogP contribution is -2.40. The number of aliphatic hydroxyl groups is 1. The summed E-state index contributed by atoms with van der Waals surface area (Å²) in [5, 5.41) is 7.95. The van der Waals surface area contributed by atoms with Crippen molar-refractivity contribution in [2.75, 3.05) is 24.7 Å². The summed E-state index contributed by atoms with van der Waals surface area (Å²) in [5.74, 6) is -0.327. The van der Waals surface area contributed by atoms with Gasteiger partial charge in [-0.3, -0.25) is 0 Å². The molecule has 1 atom stereocenters. The summed E-state index contributed by atoms with van der Waals surface area (Å²) in [6.45, 7) is 4.16. The Kier molecular flexibility index (Phi) is 5.39. The Morgan fingerprint density at radius 3 is 2.47 bits per heavy atom. The molecule has 114 valence electrons. The molecule has 1 rings (SSSR count). The van der Waals surface area contributed by atoms with Crippen LogP contribution in [0.1, 0.15) is 33.1 Å². The Morgan fingerprint density at radius 2 is 2.00 bits per heavy atom. The first kappa shape index (κ1) is 16.9. The molecule has 2 N–H and O–H groups in total. The summed E-state index contributed by atoms with van der Waals surface area (Å²) in [6.07, 6.45) is 1.50. The highest BCUT2D eigenvalue weighted by Gasteiger charge is 2.37. The second-order valence-electron chi connectivity index (χ2n) is 5.88. The van der Waals surface area contributed by atoms with Crippen molar-refractivity contribution in [3.8, 4) is 0 Å². The fraction of sp³-hybridized carbons (Fsp3) is 1.00. The third-order valence-electron chi connectivity index (χ3n) is 3.39. The molecule has 0 radical (unpaired) electrons. The van der Waals surface area contributed by atoms with Gasteiger partial charge >= 0.3 is 0 Å². The van der Waals surface area contributed by atoms with Gasteiger partial charge in [0, 0.05) is 13.2 Å². The van der Waals surface area contributed by atoms with Crippen LogP contribution < -0.4 is 4.72 Å². The minimum absolute atomic E-state index is 0.0491. The molecule has 0 amide bonds. The Bertz CT molecular complexity index is 495. The average Bonchev–Trinajstić information content (AvgIpc) is 2.66. The van der Waals surface area contributed by atoms with E-state index >= 15 is 0 Å². The summed E-state index contributed by atoms with van der Waals surface area (Å²) in [5.41, 5.74) is -0.257. The molecular weight excluding hydrogens is 290 g/mol. The van der Waals surface area contributed by atoms with Crippen LogP contribution in [0.2, 0.25) is 0 Å². The molecule has 1 fully saturated rings. The van der Waals surface area contributed by atoms with Crippen molar-refractivity contribution in [2.45, 2.75) is 38.4 Å². The van der Waals surface area contributed by atoms with Crippen molar-refractivity contribution in [3.05, 3.63) is 0 Å². The third-order valence-corrected chi connectivity index (χ3v) is 7.20. The van der Waals surface area contributed by atoms with Gasteiger partial charge in [0.25, 0.3) is 0 Å². The maximum absolute atomic E-state index is 12.0. The molecule has 0 bridgehead atoms. The highest BCUT2D eigenvalue weighted by molar-refractivity contribution is 7.95. The molecule has 19 heavy (non-hydrogen) atoms. The Labute approximate surface area is 115 Å². The van der Waals surface area contributed by atoms with Crippen LogP contribution in [-0.4, -0.2) is 51.8 Å².